The first-order valence-corrected chi connectivity index (χ1v) is 6.91. The molecule has 1 heterocycles. The van der Waals surface area contributed by atoms with Crippen LogP contribution >= 0.6 is 0 Å². The molecule has 0 aromatic heterocycles. The molecule has 0 atom stereocenters. The normalized spacial score (nSPS) is 16.0. The van der Waals surface area contributed by atoms with Gasteiger partial charge in [0.15, 0.2) is 0 Å². The smallest absolute Gasteiger partial charge is 0.317 e. The van der Waals surface area contributed by atoms with Crippen molar-refractivity contribution in [2.45, 2.75) is 6.61 Å². The molecular formula is C15H20N2O4. The van der Waals surface area contributed by atoms with Crippen LogP contribution < -0.4 is 0 Å². The molecule has 6 heteroatoms. The van der Waals surface area contributed by atoms with Crippen molar-refractivity contribution in [2.24, 2.45) is 0 Å². The molecular weight excluding hydrogens is 272 g/mol. The summed E-state index contributed by atoms with van der Waals surface area (Å²) in [6.07, 6.45) is 0. The fraction of sp³-hybridized carbons (Fsp3) is 0.467. The molecule has 1 saturated heterocycles. The lowest BCUT2D eigenvalue weighted by atomic mass is 10.1. The van der Waals surface area contributed by atoms with Gasteiger partial charge in [0.25, 0.3) is 5.91 Å². The summed E-state index contributed by atoms with van der Waals surface area (Å²) in [5.74, 6) is -0.843. The van der Waals surface area contributed by atoms with Crippen LogP contribution in [-0.2, 0) is 16.1 Å². The Kier molecular flexibility index (Phi) is 5.30. The Morgan fingerprint density at radius 2 is 1.95 bits per heavy atom. The zero-order valence-corrected chi connectivity index (χ0v) is 12.1. The summed E-state index contributed by atoms with van der Waals surface area (Å²) in [6, 6.07) is 7.41. The van der Waals surface area contributed by atoms with E-state index in [1.807, 2.05) is 23.1 Å². The SMILES string of the molecule is COCc1cccc(C(=O)N2CCN(CC(=O)O)CC2)c1. The van der Waals surface area contributed by atoms with Crippen LogP contribution in [0.2, 0.25) is 0 Å². The van der Waals surface area contributed by atoms with Crippen molar-refractivity contribution in [3.8, 4) is 0 Å². The molecule has 0 aliphatic carbocycles. The van der Waals surface area contributed by atoms with Crippen LogP contribution in [0.5, 0.6) is 0 Å². The summed E-state index contributed by atoms with van der Waals surface area (Å²) >= 11 is 0. The molecule has 0 unspecified atom stereocenters. The van der Waals surface area contributed by atoms with Crippen LogP contribution in [0.4, 0.5) is 0 Å². The van der Waals surface area contributed by atoms with Crippen molar-refractivity contribution in [3.63, 3.8) is 0 Å². The van der Waals surface area contributed by atoms with Crippen molar-refractivity contribution in [2.75, 3.05) is 39.8 Å². The molecule has 1 aromatic carbocycles. The Labute approximate surface area is 123 Å². The zero-order valence-electron chi connectivity index (χ0n) is 12.1. The van der Waals surface area contributed by atoms with Gasteiger partial charge in [0.1, 0.15) is 0 Å². The third-order valence-corrected chi connectivity index (χ3v) is 3.50. The number of carboxylic acid groups (broad SMARTS) is 1. The fourth-order valence-electron chi connectivity index (χ4n) is 2.44. The second kappa shape index (κ2) is 7.19. The Morgan fingerprint density at radius 3 is 2.57 bits per heavy atom. The van der Waals surface area contributed by atoms with Gasteiger partial charge in [-0.2, -0.15) is 0 Å². The molecule has 0 spiro atoms. The van der Waals surface area contributed by atoms with E-state index in [1.165, 1.54) is 0 Å². The van der Waals surface area contributed by atoms with Crippen molar-refractivity contribution in [1.82, 2.24) is 9.80 Å². The van der Waals surface area contributed by atoms with E-state index in [4.69, 9.17) is 9.84 Å². The van der Waals surface area contributed by atoms with Gasteiger partial charge in [-0.05, 0) is 17.7 Å². The van der Waals surface area contributed by atoms with E-state index in [9.17, 15) is 9.59 Å². The predicted molar refractivity (Wildman–Crippen MR) is 77.1 cm³/mol. The van der Waals surface area contributed by atoms with Crippen molar-refractivity contribution < 1.29 is 19.4 Å². The molecule has 0 radical (unpaired) electrons. The van der Waals surface area contributed by atoms with Gasteiger partial charge in [-0.15, -0.1) is 0 Å². The third-order valence-electron chi connectivity index (χ3n) is 3.50. The van der Waals surface area contributed by atoms with E-state index in [-0.39, 0.29) is 12.5 Å². The summed E-state index contributed by atoms with van der Waals surface area (Å²) in [7, 11) is 1.62. The third kappa shape index (κ3) is 4.27. The summed E-state index contributed by atoms with van der Waals surface area (Å²) in [4.78, 5) is 26.7. The summed E-state index contributed by atoms with van der Waals surface area (Å²) < 4.78 is 5.07. The van der Waals surface area contributed by atoms with E-state index >= 15 is 0 Å². The first kappa shape index (κ1) is 15.5. The minimum absolute atomic E-state index is 0.0112. The number of hydrogen-bond acceptors (Lipinski definition) is 4. The lowest BCUT2D eigenvalue weighted by Crippen LogP contribution is -2.49. The van der Waals surface area contributed by atoms with Gasteiger partial charge in [-0.3, -0.25) is 14.5 Å². The number of ether oxygens (including phenoxy) is 1. The van der Waals surface area contributed by atoms with Crippen LogP contribution in [0.3, 0.4) is 0 Å². The average molecular weight is 292 g/mol. The van der Waals surface area contributed by atoms with Crippen LogP contribution in [0.25, 0.3) is 0 Å². The number of carbonyl (C=O) groups is 2. The van der Waals surface area contributed by atoms with Crippen molar-refractivity contribution in [1.29, 1.82) is 0 Å². The van der Waals surface area contributed by atoms with Crippen LogP contribution in [-0.4, -0.2) is 66.6 Å². The lowest BCUT2D eigenvalue weighted by Gasteiger charge is -2.33. The topological polar surface area (TPSA) is 70.1 Å². The number of hydrogen-bond donors (Lipinski definition) is 1. The number of nitrogens with zero attached hydrogens (tertiary/aromatic N) is 2. The predicted octanol–water partition coefficient (Wildman–Crippen LogP) is 0.675. The molecule has 1 aromatic rings. The van der Waals surface area contributed by atoms with Crippen molar-refractivity contribution in [3.05, 3.63) is 35.4 Å². The number of methoxy groups -OCH3 is 1. The van der Waals surface area contributed by atoms with Gasteiger partial charge < -0.3 is 14.7 Å². The van der Waals surface area contributed by atoms with Gasteiger partial charge in [-0.25, -0.2) is 0 Å². The maximum absolute atomic E-state index is 12.4. The van der Waals surface area contributed by atoms with E-state index in [2.05, 4.69) is 0 Å². The minimum atomic E-state index is -0.831. The minimum Gasteiger partial charge on any atom is -0.480 e. The van der Waals surface area contributed by atoms with Crippen LogP contribution in [0.1, 0.15) is 15.9 Å². The highest BCUT2D eigenvalue weighted by atomic mass is 16.5. The first-order chi connectivity index (χ1) is 10.1. The molecule has 0 saturated carbocycles. The highest BCUT2D eigenvalue weighted by Crippen LogP contribution is 2.11. The summed E-state index contributed by atoms with van der Waals surface area (Å²) in [5, 5.41) is 8.77. The Bertz CT molecular complexity index is 510. The van der Waals surface area contributed by atoms with Gasteiger partial charge >= 0.3 is 5.97 Å². The van der Waals surface area contributed by atoms with Crippen LogP contribution in [0, 0.1) is 0 Å². The molecule has 1 N–H and O–H groups in total. The monoisotopic (exact) mass is 292 g/mol. The number of benzene rings is 1. The molecule has 6 nitrogen and oxygen atoms in total. The number of piperazine rings is 1. The summed E-state index contributed by atoms with van der Waals surface area (Å²) in [5.41, 5.74) is 1.61. The second-order valence-electron chi connectivity index (χ2n) is 5.10. The fourth-order valence-corrected chi connectivity index (χ4v) is 2.44. The van der Waals surface area contributed by atoms with Gasteiger partial charge in [-0.1, -0.05) is 12.1 Å². The largest absolute Gasteiger partial charge is 0.480 e. The van der Waals surface area contributed by atoms with Gasteiger partial charge in [0, 0.05) is 38.9 Å². The second-order valence-corrected chi connectivity index (χ2v) is 5.10. The van der Waals surface area contributed by atoms with E-state index in [0.29, 0.717) is 38.3 Å². The van der Waals surface area contributed by atoms with E-state index in [1.54, 1.807) is 18.1 Å². The Hall–Kier alpha value is -1.92. The van der Waals surface area contributed by atoms with Crippen molar-refractivity contribution >= 4 is 11.9 Å². The molecule has 1 aliphatic heterocycles. The first-order valence-electron chi connectivity index (χ1n) is 6.91. The average Bonchev–Trinajstić information content (AvgIpc) is 2.47. The van der Waals surface area contributed by atoms with Gasteiger partial charge in [0.05, 0.1) is 13.2 Å². The zero-order chi connectivity index (χ0) is 15.2. The molecule has 21 heavy (non-hydrogen) atoms. The Balaban J connectivity index is 1.95. The molecule has 1 fully saturated rings. The highest BCUT2D eigenvalue weighted by molar-refractivity contribution is 5.94. The van der Waals surface area contributed by atoms with E-state index in [0.717, 1.165) is 5.56 Å². The number of amides is 1. The van der Waals surface area contributed by atoms with Crippen LogP contribution in [0.15, 0.2) is 24.3 Å². The number of rotatable bonds is 5. The number of aliphatic carboxylic acids is 1. The Morgan fingerprint density at radius 1 is 1.24 bits per heavy atom. The maximum atomic E-state index is 12.4. The molecule has 1 aliphatic rings. The van der Waals surface area contributed by atoms with Gasteiger partial charge in [0.2, 0.25) is 0 Å². The number of carbonyl (C=O) groups excluding carboxylic acids is 1. The highest BCUT2D eigenvalue weighted by Gasteiger charge is 2.23. The number of carboxylic acids is 1. The standard InChI is InChI=1S/C15H20N2O4/c1-21-11-12-3-2-4-13(9-12)15(20)17-7-5-16(6-8-17)10-14(18)19/h2-4,9H,5-8,10-11H2,1H3,(H,18,19). The molecule has 0 bridgehead atoms. The molecule has 2 rings (SSSR count). The molecule has 1 amide bonds. The maximum Gasteiger partial charge on any atom is 0.317 e. The van der Waals surface area contributed by atoms with E-state index < -0.39 is 5.97 Å². The molecule has 114 valence electrons. The summed E-state index contributed by atoms with van der Waals surface area (Å²) in [6.45, 7) is 2.81. The lowest BCUT2D eigenvalue weighted by molar-refractivity contribution is -0.138. The quantitative estimate of drug-likeness (QED) is 0.864.